The zero-order valence-corrected chi connectivity index (χ0v) is 13.0. The lowest BCUT2D eigenvalue weighted by atomic mass is 9.97. The maximum Gasteiger partial charge on any atom is 0.311 e. The lowest BCUT2D eigenvalue weighted by Crippen LogP contribution is -2.35. The Hall–Kier alpha value is -2.04. The molecule has 1 saturated heterocycles. The second-order valence-electron chi connectivity index (χ2n) is 6.31. The summed E-state index contributed by atoms with van der Waals surface area (Å²) in [5.74, 6) is -1.52. The number of carbonyl (C=O) groups excluding carboxylic acids is 2. The zero-order valence-electron chi connectivity index (χ0n) is 13.0. The largest absolute Gasteiger partial charge is 0.462 e. The molecule has 1 aromatic heterocycles. The van der Waals surface area contributed by atoms with Crippen LogP contribution >= 0.6 is 0 Å². The molecule has 0 aliphatic carbocycles. The summed E-state index contributed by atoms with van der Waals surface area (Å²) in [6.07, 6.45) is -3.44. The first-order valence-corrected chi connectivity index (χ1v) is 7.01. The Labute approximate surface area is 132 Å². The molecule has 1 aliphatic rings. The van der Waals surface area contributed by atoms with Crippen LogP contribution in [-0.2, 0) is 14.3 Å². The predicted octanol–water partition coefficient (Wildman–Crippen LogP) is -1.41. The standard InChI is InChI=1S/C13H20N4O6/c1-13(2,3)12(21)22-4-6-7(18)8(19)11(23-6)17-5-15-10(16-17)9(14)20/h5-8,11,18-19H,4H2,1-3H3,(H2,14,20)/t6-,7-,8-,11-/m0/s1. The van der Waals surface area contributed by atoms with Gasteiger partial charge in [0.05, 0.1) is 5.41 Å². The molecule has 1 aliphatic heterocycles. The van der Waals surface area contributed by atoms with Crippen molar-refractivity contribution in [1.29, 1.82) is 0 Å². The van der Waals surface area contributed by atoms with Crippen LogP contribution in [0.25, 0.3) is 0 Å². The zero-order chi connectivity index (χ0) is 17.4. The fourth-order valence-corrected chi connectivity index (χ4v) is 1.97. The van der Waals surface area contributed by atoms with Crippen LogP contribution in [0.3, 0.4) is 0 Å². The quantitative estimate of drug-likeness (QED) is 0.570. The van der Waals surface area contributed by atoms with Crippen LogP contribution in [0, 0.1) is 5.41 Å². The highest BCUT2D eigenvalue weighted by atomic mass is 16.6. The highest BCUT2D eigenvalue weighted by Gasteiger charge is 2.45. The predicted molar refractivity (Wildman–Crippen MR) is 74.9 cm³/mol. The minimum Gasteiger partial charge on any atom is -0.462 e. The highest BCUT2D eigenvalue weighted by molar-refractivity contribution is 5.88. The number of ether oxygens (including phenoxy) is 2. The molecule has 10 heteroatoms. The molecule has 0 aromatic carbocycles. The molecule has 0 radical (unpaired) electrons. The Morgan fingerprint density at radius 3 is 2.57 bits per heavy atom. The fraction of sp³-hybridized carbons (Fsp3) is 0.692. The maximum absolute atomic E-state index is 11.7. The van der Waals surface area contributed by atoms with Crippen molar-refractivity contribution in [3.63, 3.8) is 0 Å². The van der Waals surface area contributed by atoms with Gasteiger partial charge in [-0.3, -0.25) is 9.59 Å². The van der Waals surface area contributed by atoms with E-state index in [1.165, 1.54) is 0 Å². The van der Waals surface area contributed by atoms with Gasteiger partial charge < -0.3 is 25.4 Å². The summed E-state index contributed by atoms with van der Waals surface area (Å²) in [5, 5.41) is 23.8. The van der Waals surface area contributed by atoms with E-state index >= 15 is 0 Å². The summed E-state index contributed by atoms with van der Waals surface area (Å²) < 4.78 is 11.6. The van der Waals surface area contributed by atoms with E-state index in [4.69, 9.17) is 15.2 Å². The molecule has 0 saturated carbocycles. The van der Waals surface area contributed by atoms with Crippen molar-refractivity contribution in [3.05, 3.63) is 12.2 Å². The average Bonchev–Trinajstić information content (AvgIpc) is 3.03. The van der Waals surface area contributed by atoms with Crippen LogP contribution in [0.4, 0.5) is 0 Å². The van der Waals surface area contributed by atoms with E-state index in [9.17, 15) is 19.8 Å². The maximum atomic E-state index is 11.7. The van der Waals surface area contributed by atoms with E-state index in [1.807, 2.05) is 0 Å². The number of esters is 1. The molecule has 1 aromatic rings. The Bertz CT molecular complexity index is 596. The third-order valence-electron chi connectivity index (χ3n) is 3.32. The van der Waals surface area contributed by atoms with E-state index in [0.717, 1.165) is 11.0 Å². The first kappa shape index (κ1) is 17.3. The SMILES string of the molecule is CC(C)(C)C(=O)OC[C@@H]1O[C@H](n2cnc(C(N)=O)n2)[C@@H](O)[C@H]1O. The fourth-order valence-electron chi connectivity index (χ4n) is 1.97. The van der Waals surface area contributed by atoms with Crippen molar-refractivity contribution in [3.8, 4) is 0 Å². The highest BCUT2D eigenvalue weighted by Crippen LogP contribution is 2.29. The number of aliphatic hydroxyl groups is 2. The molecule has 1 amide bonds. The van der Waals surface area contributed by atoms with E-state index in [1.54, 1.807) is 20.8 Å². The molecule has 10 nitrogen and oxygen atoms in total. The molecule has 0 spiro atoms. The molecule has 128 valence electrons. The van der Waals surface area contributed by atoms with Crippen molar-refractivity contribution >= 4 is 11.9 Å². The molecule has 0 bridgehead atoms. The third kappa shape index (κ3) is 3.66. The number of aromatic nitrogens is 3. The minimum atomic E-state index is -1.32. The molecular formula is C13H20N4O6. The lowest BCUT2D eigenvalue weighted by Gasteiger charge is -2.20. The van der Waals surface area contributed by atoms with Gasteiger partial charge in [0.1, 0.15) is 31.2 Å². The number of amides is 1. The van der Waals surface area contributed by atoms with E-state index in [-0.39, 0.29) is 12.4 Å². The monoisotopic (exact) mass is 328 g/mol. The minimum absolute atomic E-state index is 0.220. The Kier molecular flexibility index (Phi) is 4.68. The first-order chi connectivity index (χ1) is 10.6. The molecule has 0 unspecified atom stereocenters. The lowest BCUT2D eigenvalue weighted by molar-refractivity contribution is -0.159. The number of hydrogen-bond acceptors (Lipinski definition) is 8. The summed E-state index contributed by atoms with van der Waals surface area (Å²) >= 11 is 0. The van der Waals surface area contributed by atoms with Gasteiger partial charge in [-0.15, -0.1) is 5.10 Å². The van der Waals surface area contributed by atoms with Gasteiger partial charge in [0.25, 0.3) is 5.91 Å². The molecule has 23 heavy (non-hydrogen) atoms. The summed E-state index contributed by atoms with van der Waals surface area (Å²) in [7, 11) is 0. The number of aliphatic hydroxyl groups excluding tert-OH is 2. The third-order valence-corrected chi connectivity index (χ3v) is 3.32. The van der Waals surface area contributed by atoms with Crippen molar-refractivity contribution in [1.82, 2.24) is 14.8 Å². The number of rotatable bonds is 4. The molecular weight excluding hydrogens is 308 g/mol. The van der Waals surface area contributed by atoms with Gasteiger partial charge in [0, 0.05) is 0 Å². The molecule has 1 fully saturated rings. The Morgan fingerprint density at radius 2 is 2.04 bits per heavy atom. The number of primary amides is 1. The number of carbonyl (C=O) groups is 2. The first-order valence-electron chi connectivity index (χ1n) is 7.01. The Morgan fingerprint density at radius 1 is 1.39 bits per heavy atom. The van der Waals surface area contributed by atoms with Crippen LogP contribution in [0.15, 0.2) is 6.33 Å². The topological polar surface area (TPSA) is 150 Å². The number of nitrogens with two attached hydrogens (primary N) is 1. The van der Waals surface area contributed by atoms with Gasteiger partial charge >= 0.3 is 5.97 Å². The van der Waals surface area contributed by atoms with Gasteiger partial charge in [0.15, 0.2) is 6.23 Å². The van der Waals surface area contributed by atoms with Crippen molar-refractivity contribution in [2.24, 2.45) is 11.1 Å². The summed E-state index contributed by atoms with van der Waals surface area (Å²) in [4.78, 5) is 26.4. The molecule has 4 atom stereocenters. The number of nitrogens with zero attached hydrogens (tertiary/aromatic N) is 3. The second-order valence-corrected chi connectivity index (χ2v) is 6.31. The smallest absolute Gasteiger partial charge is 0.311 e. The van der Waals surface area contributed by atoms with Crippen LogP contribution < -0.4 is 5.73 Å². The van der Waals surface area contributed by atoms with Gasteiger partial charge in [-0.1, -0.05) is 0 Å². The summed E-state index contributed by atoms with van der Waals surface area (Å²) in [6.45, 7) is 4.86. The van der Waals surface area contributed by atoms with E-state index < -0.39 is 41.8 Å². The van der Waals surface area contributed by atoms with Gasteiger partial charge in [-0.05, 0) is 20.8 Å². The van der Waals surface area contributed by atoms with E-state index in [0.29, 0.717) is 0 Å². The normalized spacial score (nSPS) is 27.9. The summed E-state index contributed by atoms with van der Waals surface area (Å²) in [5.41, 5.74) is 4.36. The van der Waals surface area contributed by atoms with Crippen LogP contribution in [0.5, 0.6) is 0 Å². The number of hydrogen-bond donors (Lipinski definition) is 3. The molecule has 2 rings (SSSR count). The van der Waals surface area contributed by atoms with Crippen LogP contribution in [-0.4, -0.2) is 61.8 Å². The Balaban J connectivity index is 2.03. The van der Waals surface area contributed by atoms with Crippen LogP contribution in [0.1, 0.15) is 37.6 Å². The van der Waals surface area contributed by atoms with E-state index in [2.05, 4.69) is 10.1 Å². The van der Waals surface area contributed by atoms with Crippen LogP contribution in [0.2, 0.25) is 0 Å². The van der Waals surface area contributed by atoms with Crippen molar-refractivity contribution in [2.45, 2.75) is 45.3 Å². The average molecular weight is 328 g/mol. The van der Waals surface area contributed by atoms with Gasteiger partial charge in [-0.25, -0.2) is 9.67 Å². The van der Waals surface area contributed by atoms with Crippen molar-refractivity contribution < 1.29 is 29.3 Å². The molecule has 4 N–H and O–H groups in total. The van der Waals surface area contributed by atoms with Gasteiger partial charge in [-0.2, -0.15) is 0 Å². The summed E-state index contributed by atoms with van der Waals surface area (Å²) in [6, 6.07) is 0. The molecule has 2 heterocycles. The second kappa shape index (κ2) is 6.22. The van der Waals surface area contributed by atoms with Crippen molar-refractivity contribution in [2.75, 3.05) is 6.61 Å². The van der Waals surface area contributed by atoms with Gasteiger partial charge in [0.2, 0.25) is 5.82 Å².